The number of pyridine rings is 2. The van der Waals surface area contributed by atoms with Gasteiger partial charge >= 0.3 is 0 Å². The highest BCUT2D eigenvalue weighted by atomic mass is 35.5. The van der Waals surface area contributed by atoms with Gasteiger partial charge in [-0.15, -0.1) is 0 Å². The fourth-order valence-electron chi connectivity index (χ4n) is 1.75. The van der Waals surface area contributed by atoms with Gasteiger partial charge < -0.3 is 4.74 Å². The Bertz CT molecular complexity index is 666. The van der Waals surface area contributed by atoms with Crippen molar-refractivity contribution in [1.29, 1.82) is 0 Å². The average Bonchev–Trinajstić information content (AvgIpc) is 2.82. The van der Waals surface area contributed by atoms with Crippen LogP contribution in [0, 0.1) is 0 Å². The predicted octanol–water partition coefficient (Wildman–Crippen LogP) is 2.96. The molecule has 3 heterocycles. The molecule has 90 valence electrons. The van der Waals surface area contributed by atoms with Crippen LogP contribution < -0.4 is 4.74 Å². The van der Waals surface area contributed by atoms with Crippen molar-refractivity contribution in [2.75, 3.05) is 0 Å². The molecule has 0 aromatic carbocycles. The second kappa shape index (κ2) is 4.66. The number of rotatable bonds is 3. The fourth-order valence-corrected chi connectivity index (χ4v) is 2.02. The molecule has 0 saturated heterocycles. The molecule has 0 aliphatic heterocycles. The number of nitrogens with zero attached hydrogens (tertiary/aromatic N) is 3. The van der Waals surface area contributed by atoms with E-state index in [1.165, 1.54) is 0 Å². The van der Waals surface area contributed by atoms with Crippen LogP contribution in [0.25, 0.3) is 5.65 Å². The van der Waals surface area contributed by atoms with Crippen molar-refractivity contribution in [1.82, 2.24) is 14.4 Å². The van der Waals surface area contributed by atoms with Crippen LogP contribution in [0.2, 0.25) is 5.15 Å². The van der Waals surface area contributed by atoms with E-state index in [9.17, 15) is 0 Å². The van der Waals surface area contributed by atoms with E-state index >= 15 is 0 Å². The first kappa shape index (κ1) is 11.0. The molecule has 0 bridgehead atoms. The van der Waals surface area contributed by atoms with Crippen molar-refractivity contribution < 1.29 is 4.74 Å². The Balaban J connectivity index is 1.87. The van der Waals surface area contributed by atoms with Crippen LogP contribution in [-0.4, -0.2) is 14.4 Å². The highest BCUT2D eigenvalue weighted by Crippen LogP contribution is 2.17. The molecule has 0 aliphatic rings. The van der Waals surface area contributed by atoms with Gasteiger partial charge in [0.05, 0.1) is 18.1 Å². The topological polar surface area (TPSA) is 39.4 Å². The van der Waals surface area contributed by atoms with Crippen LogP contribution in [0.1, 0.15) is 5.69 Å². The zero-order valence-electron chi connectivity index (χ0n) is 9.45. The Morgan fingerprint density at radius 2 is 2.11 bits per heavy atom. The summed E-state index contributed by atoms with van der Waals surface area (Å²) >= 11 is 6.14. The standard InChI is InChI=1S/C13H10ClN3O/c14-12-4-1-5-13-16-7-10(17(12)13)9-18-11-3-2-6-15-8-11/h1-8H,9H2. The average molecular weight is 260 g/mol. The van der Waals surface area contributed by atoms with E-state index in [-0.39, 0.29) is 0 Å². The lowest BCUT2D eigenvalue weighted by atomic mass is 10.4. The Morgan fingerprint density at radius 1 is 1.17 bits per heavy atom. The monoisotopic (exact) mass is 259 g/mol. The van der Waals surface area contributed by atoms with Gasteiger partial charge in [0, 0.05) is 6.20 Å². The Kier molecular flexibility index (Phi) is 2.86. The molecular formula is C13H10ClN3O. The molecule has 0 saturated carbocycles. The van der Waals surface area contributed by atoms with Gasteiger partial charge in [0.15, 0.2) is 0 Å². The van der Waals surface area contributed by atoms with Gasteiger partial charge in [0.1, 0.15) is 23.2 Å². The lowest BCUT2D eigenvalue weighted by Gasteiger charge is -2.06. The summed E-state index contributed by atoms with van der Waals surface area (Å²) in [6.45, 7) is 0.399. The van der Waals surface area contributed by atoms with Gasteiger partial charge in [-0.2, -0.15) is 0 Å². The Hall–Kier alpha value is -2.07. The molecule has 3 aromatic heterocycles. The third-order valence-corrected chi connectivity index (χ3v) is 2.87. The molecular weight excluding hydrogens is 250 g/mol. The zero-order chi connectivity index (χ0) is 12.4. The molecule has 0 aliphatic carbocycles. The summed E-state index contributed by atoms with van der Waals surface area (Å²) in [7, 11) is 0. The minimum atomic E-state index is 0.399. The van der Waals surface area contributed by atoms with Gasteiger partial charge in [-0.05, 0) is 24.3 Å². The number of imidazole rings is 1. The molecule has 0 amide bonds. The number of hydrogen-bond acceptors (Lipinski definition) is 3. The van der Waals surface area contributed by atoms with Crippen LogP contribution in [0.15, 0.2) is 48.9 Å². The number of aromatic nitrogens is 3. The summed E-state index contributed by atoms with van der Waals surface area (Å²) in [5.41, 5.74) is 1.71. The Labute approximate surface area is 109 Å². The number of fused-ring (bicyclic) bond motifs is 1. The van der Waals surface area contributed by atoms with Gasteiger partial charge in [-0.1, -0.05) is 17.7 Å². The molecule has 0 atom stereocenters. The summed E-state index contributed by atoms with van der Waals surface area (Å²) in [5, 5.41) is 0.620. The zero-order valence-corrected chi connectivity index (χ0v) is 10.2. The van der Waals surface area contributed by atoms with Crippen molar-refractivity contribution in [3.63, 3.8) is 0 Å². The number of halogens is 1. The van der Waals surface area contributed by atoms with E-state index in [4.69, 9.17) is 16.3 Å². The van der Waals surface area contributed by atoms with Crippen molar-refractivity contribution in [3.8, 4) is 5.75 Å². The Morgan fingerprint density at radius 3 is 2.94 bits per heavy atom. The maximum Gasteiger partial charge on any atom is 0.138 e. The van der Waals surface area contributed by atoms with E-state index in [1.54, 1.807) is 18.6 Å². The highest BCUT2D eigenvalue weighted by molar-refractivity contribution is 6.29. The first-order chi connectivity index (χ1) is 8.84. The molecule has 0 spiro atoms. The van der Waals surface area contributed by atoms with Gasteiger partial charge in [0.2, 0.25) is 0 Å². The van der Waals surface area contributed by atoms with E-state index in [0.29, 0.717) is 11.8 Å². The smallest absolute Gasteiger partial charge is 0.138 e. The fraction of sp³-hybridized carbons (Fsp3) is 0.0769. The van der Waals surface area contributed by atoms with Crippen molar-refractivity contribution in [2.45, 2.75) is 6.61 Å². The summed E-state index contributed by atoms with van der Waals surface area (Å²) in [4.78, 5) is 8.27. The van der Waals surface area contributed by atoms with E-state index in [1.807, 2.05) is 34.7 Å². The summed E-state index contributed by atoms with van der Waals surface area (Å²) < 4.78 is 7.49. The second-order valence-electron chi connectivity index (χ2n) is 3.77. The minimum absolute atomic E-state index is 0.399. The molecule has 3 aromatic rings. The lowest BCUT2D eigenvalue weighted by molar-refractivity contribution is 0.299. The lowest BCUT2D eigenvalue weighted by Crippen LogP contribution is -2.00. The van der Waals surface area contributed by atoms with Crippen LogP contribution in [0.4, 0.5) is 0 Å². The van der Waals surface area contributed by atoms with Crippen molar-refractivity contribution in [2.24, 2.45) is 0 Å². The largest absolute Gasteiger partial charge is 0.486 e. The molecule has 0 N–H and O–H groups in total. The quantitative estimate of drug-likeness (QED) is 0.679. The molecule has 0 fully saturated rings. The van der Waals surface area contributed by atoms with Crippen LogP contribution in [0.5, 0.6) is 5.75 Å². The third-order valence-electron chi connectivity index (χ3n) is 2.58. The third kappa shape index (κ3) is 2.02. The van der Waals surface area contributed by atoms with Gasteiger partial charge in [-0.3, -0.25) is 9.38 Å². The number of hydrogen-bond donors (Lipinski definition) is 0. The first-order valence-electron chi connectivity index (χ1n) is 5.48. The maximum atomic E-state index is 6.14. The summed E-state index contributed by atoms with van der Waals surface area (Å²) in [6, 6.07) is 9.29. The molecule has 5 heteroatoms. The minimum Gasteiger partial charge on any atom is -0.486 e. The van der Waals surface area contributed by atoms with Crippen molar-refractivity contribution >= 4 is 17.2 Å². The molecule has 3 rings (SSSR count). The second-order valence-corrected chi connectivity index (χ2v) is 4.16. The normalized spacial score (nSPS) is 10.7. The summed E-state index contributed by atoms with van der Waals surface area (Å²) in [6.07, 6.45) is 5.14. The first-order valence-corrected chi connectivity index (χ1v) is 5.86. The molecule has 4 nitrogen and oxygen atoms in total. The highest BCUT2D eigenvalue weighted by Gasteiger charge is 2.06. The van der Waals surface area contributed by atoms with Gasteiger partial charge in [-0.25, -0.2) is 4.98 Å². The predicted molar refractivity (Wildman–Crippen MR) is 68.8 cm³/mol. The SMILES string of the molecule is Clc1cccc2ncc(COc3cccnc3)n12. The molecule has 18 heavy (non-hydrogen) atoms. The van der Waals surface area contributed by atoms with Gasteiger partial charge in [0.25, 0.3) is 0 Å². The molecule has 0 unspecified atom stereocenters. The van der Waals surface area contributed by atoms with Crippen LogP contribution in [-0.2, 0) is 6.61 Å². The van der Waals surface area contributed by atoms with E-state index in [2.05, 4.69) is 9.97 Å². The van der Waals surface area contributed by atoms with E-state index in [0.717, 1.165) is 17.1 Å². The van der Waals surface area contributed by atoms with Crippen molar-refractivity contribution in [3.05, 3.63) is 59.8 Å². The number of ether oxygens (including phenoxy) is 1. The molecule has 0 radical (unpaired) electrons. The van der Waals surface area contributed by atoms with Crippen LogP contribution >= 0.6 is 11.6 Å². The van der Waals surface area contributed by atoms with E-state index < -0.39 is 0 Å². The van der Waals surface area contributed by atoms with Crippen LogP contribution in [0.3, 0.4) is 0 Å². The summed E-state index contributed by atoms with van der Waals surface area (Å²) in [5.74, 6) is 0.722. The maximum absolute atomic E-state index is 6.14.